The third-order valence-electron chi connectivity index (χ3n) is 6.80. The number of esters is 2. The van der Waals surface area contributed by atoms with Gasteiger partial charge in [-0.05, 0) is 110 Å². The van der Waals surface area contributed by atoms with E-state index in [1.165, 1.54) is 6.92 Å². The Morgan fingerprint density at radius 2 is 0.889 bits per heavy atom. The van der Waals surface area contributed by atoms with Crippen LogP contribution in [-0.4, -0.2) is 106 Å². The predicted octanol–water partition coefficient (Wildman–Crippen LogP) is 8.32. The lowest BCUT2D eigenvalue weighted by Crippen LogP contribution is -2.55. The van der Waals surface area contributed by atoms with E-state index in [0.717, 1.165) is 0 Å². The number of hydrogen-bond donors (Lipinski definition) is 0. The van der Waals surface area contributed by atoms with Gasteiger partial charge in [-0.1, -0.05) is 14.9 Å². The molecule has 2 rings (SSSR count). The van der Waals surface area contributed by atoms with E-state index in [0.29, 0.717) is 16.1 Å². The van der Waals surface area contributed by atoms with Gasteiger partial charge in [0.1, 0.15) is 28.7 Å². The molecule has 54 heavy (non-hydrogen) atoms. The molecule has 2 fully saturated rings. The van der Waals surface area contributed by atoms with Crippen molar-refractivity contribution < 1.29 is 70.8 Å². The summed E-state index contributed by atoms with van der Waals surface area (Å²) in [6.45, 7) is 22.1. The number of aldehydes is 1. The van der Waals surface area contributed by atoms with Gasteiger partial charge in [-0.3, -0.25) is 0 Å². The van der Waals surface area contributed by atoms with Crippen LogP contribution in [-0.2, 0) is 42.8 Å². The SMILES string of the molecule is C.C.CCOC(=O)[C@@]1(N(C(=O)OC(C)(C)C)C(=O)OC(C)(C)C)C[C@H]1C(F)F.CCOC(=O)[C@@]1(N(C(=O)OC(C)(C)C)C(=O)OC(C)(C)C)C[C@H]1C=O.I. The molecule has 0 bridgehead atoms. The van der Waals surface area contributed by atoms with Gasteiger partial charge in [0.15, 0.2) is 11.1 Å². The number of hydrogen-bond acceptors (Lipinski definition) is 13. The van der Waals surface area contributed by atoms with Crippen LogP contribution in [0.4, 0.5) is 28.0 Å². The molecule has 4 atom stereocenters. The molecule has 0 spiro atoms. The quantitative estimate of drug-likeness (QED) is 0.0983. The lowest BCUT2D eigenvalue weighted by Gasteiger charge is -2.33. The van der Waals surface area contributed by atoms with Crippen molar-refractivity contribution in [3.05, 3.63) is 0 Å². The average Bonchev–Trinajstić information content (AvgIpc) is 3.80. The van der Waals surface area contributed by atoms with E-state index in [-0.39, 0.29) is 58.5 Å². The minimum absolute atomic E-state index is 0. The number of amides is 4. The van der Waals surface area contributed by atoms with E-state index in [4.69, 9.17) is 28.4 Å². The fourth-order valence-electron chi connectivity index (χ4n) is 4.72. The van der Waals surface area contributed by atoms with Gasteiger partial charge in [-0.25, -0.2) is 37.5 Å². The van der Waals surface area contributed by atoms with Gasteiger partial charge in [0.2, 0.25) is 6.43 Å². The first kappa shape index (κ1) is 55.0. The van der Waals surface area contributed by atoms with Crippen LogP contribution in [0.15, 0.2) is 0 Å². The first-order valence-corrected chi connectivity index (χ1v) is 16.5. The summed E-state index contributed by atoms with van der Waals surface area (Å²) in [6, 6.07) is 0. The Balaban J connectivity index is -0.000000913. The van der Waals surface area contributed by atoms with E-state index in [9.17, 15) is 42.3 Å². The summed E-state index contributed by atoms with van der Waals surface area (Å²) in [5.41, 5.74) is -7.68. The van der Waals surface area contributed by atoms with Crippen LogP contribution in [0.2, 0.25) is 0 Å². The van der Waals surface area contributed by atoms with E-state index < -0.39 is 94.5 Å². The minimum Gasteiger partial charge on any atom is -0.464 e. The van der Waals surface area contributed by atoms with Crippen LogP contribution in [0.3, 0.4) is 0 Å². The Labute approximate surface area is 335 Å². The summed E-state index contributed by atoms with van der Waals surface area (Å²) >= 11 is 0. The number of nitrogens with zero attached hydrogens (tertiary/aromatic N) is 2. The monoisotopic (exact) mass is 896 g/mol. The summed E-state index contributed by atoms with van der Waals surface area (Å²) < 4.78 is 57.3. The molecule has 2 saturated carbocycles. The number of ether oxygens (including phenoxy) is 6. The van der Waals surface area contributed by atoms with E-state index in [1.54, 1.807) is 90.0 Å². The van der Waals surface area contributed by atoms with Crippen molar-refractivity contribution in [2.45, 2.75) is 165 Å². The molecule has 0 heterocycles. The normalized spacial score (nSPS) is 21.4. The van der Waals surface area contributed by atoms with Crippen molar-refractivity contribution in [3.63, 3.8) is 0 Å². The van der Waals surface area contributed by atoms with Gasteiger partial charge in [0.25, 0.3) is 0 Å². The molecule has 15 nitrogen and oxygen atoms in total. The Hall–Kier alpha value is -3.32. The lowest BCUT2D eigenvalue weighted by molar-refractivity contribution is -0.153. The third-order valence-corrected chi connectivity index (χ3v) is 6.80. The topological polar surface area (TPSA) is 181 Å². The second kappa shape index (κ2) is 20.0. The standard InChI is InChI=1S/C17H27F2NO6.C17H27NO7.2CH4.HI/c1-8-24-12(21)17(9-10(17)11(18)19)20(13(22)25-15(2,3)4)14(23)26-16(5,6)7;1-8-23-12(20)17(9-11(17)10-19)18(13(21)24-15(2,3)4)14(22)25-16(5,6)7;;;/h10-11H,8-9H2,1-7H3;10-11H,8-9H2,1-7H3;2*1H4;1H/t10-,17+;11-,17+;;;/m00.../s1. The Morgan fingerprint density at radius 1 is 0.611 bits per heavy atom. The van der Waals surface area contributed by atoms with Crippen LogP contribution in [0.1, 0.15) is 125 Å². The number of halogens is 3. The first-order valence-electron chi connectivity index (χ1n) is 16.5. The molecular formula is C36H63F2IN2O13. The number of carbonyl (C=O) groups excluding carboxylic acids is 7. The second-order valence-corrected chi connectivity index (χ2v) is 16.0. The molecule has 4 amide bonds. The number of alkyl halides is 2. The summed E-state index contributed by atoms with van der Waals surface area (Å²) in [6.07, 6.45) is -7.41. The van der Waals surface area contributed by atoms with Gasteiger partial charge in [-0.2, -0.15) is 9.80 Å². The van der Waals surface area contributed by atoms with Crippen molar-refractivity contribution in [1.29, 1.82) is 0 Å². The molecule has 0 aliphatic heterocycles. The van der Waals surface area contributed by atoms with Crippen molar-refractivity contribution in [2.24, 2.45) is 11.8 Å². The van der Waals surface area contributed by atoms with Gasteiger partial charge in [0.05, 0.1) is 25.0 Å². The molecule has 2 aliphatic carbocycles. The maximum atomic E-state index is 13.3. The largest absolute Gasteiger partial charge is 0.464 e. The van der Waals surface area contributed by atoms with E-state index >= 15 is 0 Å². The van der Waals surface area contributed by atoms with Crippen LogP contribution >= 0.6 is 24.0 Å². The second-order valence-electron chi connectivity index (χ2n) is 16.0. The smallest absolute Gasteiger partial charge is 0.420 e. The molecule has 0 saturated heterocycles. The third kappa shape index (κ3) is 14.7. The summed E-state index contributed by atoms with van der Waals surface area (Å²) in [7, 11) is 0. The summed E-state index contributed by atoms with van der Waals surface area (Å²) in [5.74, 6) is -4.31. The zero-order chi connectivity index (χ0) is 40.1. The Bertz CT molecular complexity index is 1280. The van der Waals surface area contributed by atoms with Gasteiger partial charge < -0.3 is 33.2 Å². The number of imide groups is 2. The molecule has 0 aromatic heterocycles. The minimum atomic E-state index is -2.92. The summed E-state index contributed by atoms with van der Waals surface area (Å²) in [5, 5.41) is 0. The molecule has 0 unspecified atom stereocenters. The van der Waals surface area contributed by atoms with Crippen LogP contribution in [0, 0.1) is 11.8 Å². The first-order chi connectivity index (χ1) is 22.9. The highest BCUT2D eigenvalue weighted by Gasteiger charge is 2.73. The van der Waals surface area contributed by atoms with Gasteiger partial charge in [0, 0.05) is 0 Å². The van der Waals surface area contributed by atoms with Crippen molar-refractivity contribution >= 4 is 66.6 Å². The van der Waals surface area contributed by atoms with Crippen LogP contribution < -0.4 is 0 Å². The molecule has 0 N–H and O–H groups in total. The molecule has 0 aromatic rings. The maximum Gasteiger partial charge on any atom is 0.420 e. The highest BCUT2D eigenvalue weighted by Crippen LogP contribution is 2.54. The zero-order valence-corrected chi connectivity index (χ0v) is 34.8. The fraction of sp³-hybridized carbons (Fsp3) is 0.806. The number of rotatable bonds is 8. The molecule has 18 heteroatoms. The molecular weight excluding hydrogens is 833 g/mol. The van der Waals surface area contributed by atoms with Gasteiger partial charge in [-0.15, -0.1) is 24.0 Å². The molecule has 0 radical (unpaired) electrons. The summed E-state index contributed by atoms with van der Waals surface area (Å²) in [4.78, 5) is 87.5. The fourth-order valence-corrected chi connectivity index (χ4v) is 4.72. The molecule has 0 aromatic carbocycles. The molecule has 2 aliphatic rings. The zero-order valence-electron chi connectivity index (χ0n) is 32.5. The van der Waals surface area contributed by atoms with E-state index in [2.05, 4.69) is 0 Å². The van der Waals surface area contributed by atoms with Crippen LogP contribution in [0.5, 0.6) is 0 Å². The highest BCUT2D eigenvalue weighted by atomic mass is 127. The average molecular weight is 897 g/mol. The predicted molar refractivity (Wildman–Crippen MR) is 205 cm³/mol. The van der Waals surface area contributed by atoms with Gasteiger partial charge >= 0.3 is 36.3 Å². The van der Waals surface area contributed by atoms with Crippen molar-refractivity contribution in [2.75, 3.05) is 13.2 Å². The van der Waals surface area contributed by atoms with E-state index in [1.807, 2.05) is 0 Å². The van der Waals surface area contributed by atoms with Crippen molar-refractivity contribution in [1.82, 2.24) is 9.80 Å². The van der Waals surface area contributed by atoms with Crippen LogP contribution in [0.25, 0.3) is 0 Å². The number of carbonyl (C=O) groups is 7. The Morgan fingerprint density at radius 3 is 1.09 bits per heavy atom. The molecule has 316 valence electrons. The lowest BCUT2D eigenvalue weighted by atomic mass is 10.1. The maximum absolute atomic E-state index is 13.3. The Kier molecular flexibility index (Phi) is 20.4. The van der Waals surface area contributed by atoms with Crippen molar-refractivity contribution in [3.8, 4) is 0 Å². The highest BCUT2D eigenvalue weighted by molar-refractivity contribution is 14.0.